The lowest BCUT2D eigenvalue weighted by molar-refractivity contribution is 0.187. The molecule has 0 unspecified atom stereocenters. The SMILES string of the molecule is CC(C)N1C[C@@H](c2ccccc2)N(C)C1=O. The third-order valence-electron chi connectivity index (χ3n) is 3.19. The van der Waals surface area contributed by atoms with Gasteiger partial charge in [0.25, 0.3) is 0 Å². The van der Waals surface area contributed by atoms with Crippen molar-refractivity contribution in [3.8, 4) is 0 Å². The van der Waals surface area contributed by atoms with Gasteiger partial charge < -0.3 is 9.80 Å². The molecule has 86 valence electrons. The first-order valence-electron chi connectivity index (χ1n) is 5.69. The molecule has 3 heteroatoms. The van der Waals surface area contributed by atoms with E-state index in [1.807, 2.05) is 35.0 Å². The molecule has 0 bridgehead atoms. The first kappa shape index (κ1) is 11.0. The van der Waals surface area contributed by atoms with Gasteiger partial charge in [-0.1, -0.05) is 30.3 Å². The number of urea groups is 1. The van der Waals surface area contributed by atoms with E-state index in [1.54, 1.807) is 0 Å². The Morgan fingerprint density at radius 1 is 1.25 bits per heavy atom. The van der Waals surface area contributed by atoms with E-state index in [0.717, 1.165) is 6.54 Å². The summed E-state index contributed by atoms with van der Waals surface area (Å²) in [5.74, 6) is 0. The molecule has 3 nitrogen and oxygen atoms in total. The van der Waals surface area contributed by atoms with Crippen LogP contribution in [0.4, 0.5) is 4.79 Å². The number of carbonyl (C=O) groups is 1. The van der Waals surface area contributed by atoms with Crippen LogP contribution in [0.3, 0.4) is 0 Å². The minimum absolute atomic E-state index is 0.129. The van der Waals surface area contributed by atoms with Crippen LogP contribution in [0.25, 0.3) is 0 Å². The Morgan fingerprint density at radius 3 is 2.38 bits per heavy atom. The maximum atomic E-state index is 12.0. The van der Waals surface area contributed by atoms with E-state index < -0.39 is 0 Å². The van der Waals surface area contributed by atoms with Crippen molar-refractivity contribution in [3.63, 3.8) is 0 Å². The largest absolute Gasteiger partial charge is 0.320 e. The minimum atomic E-state index is 0.129. The Bertz CT molecular complexity index is 375. The molecule has 1 aliphatic heterocycles. The van der Waals surface area contributed by atoms with Gasteiger partial charge in [-0.25, -0.2) is 4.79 Å². The smallest absolute Gasteiger partial charge is 0.320 e. The Hall–Kier alpha value is -1.51. The second-order valence-electron chi connectivity index (χ2n) is 4.57. The highest BCUT2D eigenvalue weighted by atomic mass is 16.2. The number of likely N-dealkylation sites (N-methyl/N-ethyl adjacent to an activating group) is 1. The summed E-state index contributed by atoms with van der Waals surface area (Å²) in [5, 5.41) is 0. The molecule has 0 aliphatic carbocycles. The number of benzene rings is 1. The Kier molecular flexibility index (Phi) is 2.86. The molecule has 1 aromatic carbocycles. The molecule has 1 saturated heterocycles. The van der Waals surface area contributed by atoms with Crippen molar-refractivity contribution in [2.45, 2.75) is 25.9 Å². The van der Waals surface area contributed by atoms with Gasteiger partial charge in [-0.2, -0.15) is 0 Å². The Balaban J connectivity index is 2.23. The van der Waals surface area contributed by atoms with Crippen LogP contribution < -0.4 is 0 Å². The fourth-order valence-electron chi connectivity index (χ4n) is 2.16. The van der Waals surface area contributed by atoms with Gasteiger partial charge in [0.2, 0.25) is 0 Å². The second-order valence-corrected chi connectivity index (χ2v) is 4.57. The predicted molar refractivity (Wildman–Crippen MR) is 64.2 cm³/mol. The van der Waals surface area contributed by atoms with E-state index >= 15 is 0 Å². The van der Waals surface area contributed by atoms with Crippen LogP contribution in [-0.4, -0.2) is 35.5 Å². The van der Waals surface area contributed by atoms with Crippen molar-refractivity contribution in [2.75, 3.05) is 13.6 Å². The highest BCUT2D eigenvalue weighted by molar-refractivity contribution is 5.77. The van der Waals surface area contributed by atoms with Crippen LogP contribution in [0, 0.1) is 0 Å². The van der Waals surface area contributed by atoms with E-state index in [-0.39, 0.29) is 18.1 Å². The summed E-state index contributed by atoms with van der Waals surface area (Å²) >= 11 is 0. The molecule has 0 N–H and O–H groups in total. The summed E-state index contributed by atoms with van der Waals surface area (Å²) in [6, 6.07) is 10.8. The predicted octanol–water partition coefficient (Wildman–Crippen LogP) is 2.50. The van der Waals surface area contributed by atoms with Gasteiger partial charge in [-0.05, 0) is 19.4 Å². The molecule has 0 spiro atoms. The number of nitrogens with zero attached hydrogens (tertiary/aromatic N) is 2. The van der Waals surface area contributed by atoms with E-state index in [4.69, 9.17) is 0 Å². The third kappa shape index (κ3) is 1.77. The van der Waals surface area contributed by atoms with E-state index in [9.17, 15) is 4.79 Å². The molecule has 1 aliphatic rings. The molecule has 0 saturated carbocycles. The molecule has 1 aromatic rings. The number of hydrogen-bond donors (Lipinski definition) is 0. The van der Waals surface area contributed by atoms with Crippen LogP contribution in [0.5, 0.6) is 0 Å². The quantitative estimate of drug-likeness (QED) is 0.748. The minimum Gasteiger partial charge on any atom is -0.320 e. The summed E-state index contributed by atoms with van der Waals surface area (Å²) in [7, 11) is 1.88. The van der Waals surface area contributed by atoms with E-state index in [0.29, 0.717) is 0 Å². The zero-order valence-electron chi connectivity index (χ0n) is 10.1. The first-order valence-corrected chi connectivity index (χ1v) is 5.69. The van der Waals surface area contributed by atoms with Crippen LogP contribution in [0.2, 0.25) is 0 Å². The van der Waals surface area contributed by atoms with E-state index in [1.165, 1.54) is 5.56 Å². The lowest BCUT2D eigenvalue weighted by Crippen LogP contribution is -2.34. The fourth-order valence-corrected chi connectivity index (χ4v) is 2.16. The van der Waals surface area contributed by atoms with Crippen molar-refractivity contribution in [1.82, 2.24) is 9.80 Å². The van der Waals surface area contributed by atoms with Crippen LogP contribution in [0.15, 0.2) is 30.3 Å². The van der Waals surface area contributed by atoms with Gasteiger partial charge in [0, 0.05) is 19.6 Å². The normalized spacial score (nSPS) is 21.0. The zero-order valence-corrected chi connectivity index (χ0v) is 10.1. The number of carbonyl (C=O) groups excluding carboxylic acids is 1. The van der Waals surface area contributed by atoms with Gasteiger partial charge in [-0.15, -0.1) is 0 Å². The highest BCUT2D eigenvalue weighted by Gasteiger charge is 2.36. The maximum Gasteiger partial charge on any atom is 0.320 e. The molecule has 0 radical (unpaired) electrons. The summed E-state index contributed by atoms with van der Waals surface area (Å²) in [4.78, 5) is 15.7. The van der Waals surface area contributed by atoms with Gasteiger partial charge in [0.1, 0.15) is 0 Å². The molecular formula is C13H18N2O. The van der Waals surface area contributed by atoms with Crippen molar-refractivity contribution in [1.29, 1.82) is 0 Å². The lowest BCUT2D eigenvalue weighted by Gasteiger charge is -2.19. The fraction of sp³-hybridized carbons (Fsp3) is 0.462. The summed E-state index contributed by atoms with van der Waals surface area (Å²) in [6.07, 6.45) is 0. The molecular weight excluding hydrogens is 200 g/mol. The zero-order chi connectivity index (χ0) is 11.7. The van der Waals surface area contributed by atoms with Crippen molar-refractivity contribution >= 4 is 6.03 Å². The van der Waals surface area contributed by atoms with Crippen LogP contribution in [0.1, 0.15) is 25.5 Å². The number of hydrogen-bond acceptors (Lipinski definition) is 1. The van der Waals surface area contributed by atoms with Crippen molar-refractivity contribution in [2.24, 2.45) is 0 Å². The van der Waals surface area contributed by atoms with Crippen molar-refractivity contribution < 1.29 is 4.79 Å². The molecule has 1 heterocycles. The van der Waals surface area contributed by atoms with E-state index in [2.05, 4.69) is 26.0 Å². The lowest BCUT2D eigenvalue weighted by atomic mass is 10.1. The van der Waals surface area contributed by atoms with Crippen molar-refractivity contribution in [3.05, 3.63) is 35.9 Å². The number of rotatable bonds is 2. The molecule has 1 atom stereocenters. The molecule has 1 fully saturated rings. The van der Waals surface area contributed by atoms with Gasteiger partial charge in [0.05, 0.1) is 6.04 Å². The average molecular weight is 218 g/mol. The van der Waals surface area contributed by atoms with Gasteiger partial charge >= 0.3 is 6.03 Å². The highest BCUT2D eigenvalue weighted by Crippen LogP contribution is 2.28. The molecule has 16 heavy (non-hydrogen) atoms. The monoisotopic (exact) mass is 218 g/mol. The number of amides is 2. The summed E-state index contributed by atoms with van der Waals surface area (Å²) in [5.41, 5.74) is 1.21. The molecule has 2 rings (SSSR count). The van der Waals surface area contributed by atoms with Crippen LogP contribution in [-0.2, 0) is 0 Å². The standard InChI is InChI=1S/C13H18N2O/c1-10(2)15-9-12(14(3)13(15)16)11-7-5-4-6-8-11/h4-8,10,12H,9H2,1-3H3/t12-/m0/s1. The molecule has 0 aromatic heterocycles. The Morgan fingerprint density at radius 2 is 1.88 bits per heavy atom. The van der Waals surface area contributed by atoms with Gasteiger partial charge in [0.15, 0.2) is 0 Å². The van der Waals surface area contributed by atoms with Gasteiger partial charge in [-0.3, -0.25) is 0 Å². The Labute approximate surface area is 96.7 Å². The summed E-state index contributed by atoms with van der Waals surface area (Å²) in [6.45, 7) is 4.90. The van der Waals surface area contributed by atoms with Crippen LogP contribution >= 0.6 is 0 Å². The second kappa shape index (κ2) is 4.16. The summed E-state index contributed by atoms with van der Waals surface area (Å²) < 4.78 is 0. The average Bonchev–Trinajstić information content (AvgIpc) is 2.58. The topological polar surface area (TPSA) is 23.6 Å². The first-order chi connectivity index (χ1) is 7.61. The third-order valence-corrected chi connectivity index (χ3v) is 3.19. The molecule has 2 amide bonds. The maximum absolute atomic E-state index is 12.0.